The summed E-state index contributed by atoms with van der Waals surface area (Å²) < 4.78 is 5.72. The summed E-state index contributed by atoms with van der Waals surface area (Å²) in [6.07, 6.45) is 7.08. The molecule has 2 aliphatic rings. The highest BCUT2D eigenvalue weighted by molar-refractivity contribution is 5.79. The Kier molecular flexibility index (Phi) is 5.14. The summed E-state index contributed by atoms with van der Waals surface area (Å²) in [5.74, 6) is 3.20. The number of pyridine rings is 1. The molecule has 5 heteroatoms. The van der Waals surface area contributed by atoms with Gasteiger partial charge in [0.2, 0.25) is 5.88 Å². The van der Waals surface area contributed by atoms with E-state index in [2.05, 4.69) is 27.5 Å². The number of rotatable bonds is 8. The van der Waals surface area contributed by atoms with Crippen molar-refractivity contribution in [1.29, 1.82) is 0 Å². The van der Waals surface area contributed by atoms with Crippen LogP contribution in [0.4, 0.5) is 0 Å². The molecule has 0 spiro atoms. The molecule has 2 aliphatic carbocycles. The van der Waals surface area contributed by atoms with E-state index in [0.717, 1.165) is 48.9 Å². The smallest absolute Gasteiger partial charge is 0.213 e. The summed E-state index contributed by atoms with van der Waals surface area (Å²) in [5.41, 5.74) is 1.13. The lowest BCUT2D eigenvalue weighted by atomic mass is 10.3. The summed E-state index contributed by atoms with van der Waals surface area (Å²) in [6.45, 7) is 5.43. The summed E-state index contributed by atoms with van der Waals surface area (Å²) >= 11 is 0. The van der Waals surface area contributed by atoms with E-state index >= 15 is 0 Å². The van der Waals surface area contributed by atoms with E-state index in [1.807, 2.05) is 12.1 Å². The largest absolute Gasteiger partial charge is 0.477 e. The van der Waals surface area contributed by atoms with Crippen molar-refractivity contribution in [2.75, 3.05) is 19.7 Å². The van der Waals surface area contributed by atoms with E-state index in [4.69, 9.17) is 4.74 Å². The second-order valence-corrected chi connectivity index (χ2v) is 6.28. The predicted octanol–water partition coefficient (Wildman–Crippen LogP) is 2.34. The van der Waals surface area contributed by atoms with Gasteiger partial charge in [-0.3, -0.25) is 0 Å². The molecule has 2 N–H and O–H groups in total. The lowest BCUT2D eigenvalue weighted by Gasteiger charge is -2.11. The average molecular weight is 302 g/mol. The third-order valence-corrected chi connectivity index (χ3v) is 3.98. The van der Waals surface area contributed by atoms with Gasteiger partial charge in [0.1, 0.15) is 0 Å². The van der Waals surface area contributed by atoms with Crippen LogP contribution in [-0.4, -0.2) is 30.6 Å². The first kappa shape index (κ1) is 15.1. The maximum Gasteiger partial charge on any atom is 0.213 e. The molecule has 1 heterocycles. The van der Waals surface area contributed by atoms with Gasteiger partial charge in [-0.25, -0.2) is 9.98 Å². The highest BCUT2D eigenvalue weighted by atomic mass is 16.5. The van der Waals surface area contributed by atoms with E-state index in [0.29, 0.717) is 6.54 Å². The van der Waals surface area contributed by atoms with Crippen LogP contribution >= 0.6 is 0 Å². The Labute approximate surface area is 132 Å². The average Bonchev–Trinajstić information content (AvgIpc) is 3.43. The second-order valence-electron chi connectivity index (χ2n) is 6.28. The molecule has 0 atom stereocenters. The van der Waals surface area contributed by atoms with E-state index < -0.39 is 0 Å². The van der Waals surface area contributed by atoms with Gasteiger partial charge in [0.25, 0.3) is 0 Å². The van der Waals surface area contributed by atoms with Crippen LogP contribution < -0.4 is 15.4 Å². The van der Waals surface area contributed by atoms with Crippen LogP contribution in [0.1, 0.15) is 38.2 Å². The topological polar surface area (TPSA) is 58.5 Å². The molecule has 0 amide bonds. The van der Waals surface area contributed by atoms with Crippen LogP contribution in [0, 0.1) is 11.8 Å². The number of hydrogen-bond donors (Lipinski definition) is 2. The van der Waals surface area contributed by atoms with Crippen molar-refractivity contribution in [3.63, 3.8) is 0 Å². The van der Waals surface area contributed by atoms with Crippen molar-refractivity contribution in [1.82, 2.24) is 15.6 Å². The van der Waals surface area contributed by atoms with Crippen LogP contribution in [0.15, 0.2) is 23.3 Å². The molecule has 22 heavy (non-hydrogen) atoms. The molecule has 120 valence electrons. The molecule has 5 nitrogen and oxygen atoms in total. The zero-order valence-electron chi connectivity index (χ0n) is 13.3. The fourth-order valence-corrected chi connectivity index (χ4v) is 2.19. The summed E-state index contributed by atoms with van der Waals surface area (Å²) in [5, 5.41) is 6.70. The Balaban J connectivity index is 1.52. The maximum absolute atomic E-state index is 5.72. The molecule has 3 rings (SSSR count). The monoisotopic (exact) mass is 302 g/mol. The van der Waals surface area contributed by atoms with Crippen molar-refractivity contribution < 1.29 is 4.74 Å². The quantitative estimate of drug-likeness (QED) is 0.571. The van der Waals surface area contributed by atoms with E-state index in [1.165, 1.54) is 25.7 Å². The molecule has 0 aliphatic heterocycles. The van der Waals surface area contributed by atoms with Gasteiger partial charge < -0.3 is 15.4 Å². The zero-order valence-corrected chi connectivity index (χ0v) is 13.3. The fraction of sp³-hybridized carbons (Fsp3) is 0.647. The Hall–Kier alpha value is -1.78. The molecule has 2 fully saturated rings. The Morgan fingerprint density at radius 3 is 2.82 bits per heavy atom. The van der Waals surface area contributed by atoms with Gasteiger partial charge in [-0.2, -0.15) is 0 Å². The Morgan fingerprint density at radius 2 is 2.09 bits per heavy atom. The van der Waals surface area contributed by atoms with Gasteiger partial charge >= 0.3 is 0 Å². The summed E-state index contributed by atoms with van der Waals surface area (Å²) in [4.78, 5) is 8.91. The number of aliphatic imine (C=N–C) groups is 1. The lowest BCUT2D eigenvalue weighted by Crippen LogP contribution is -2.38. The highest BCUT2D eigenvalue weighted by Crippen LogP contribution is 2.29. The fourth-order valence-electron chi connectivity index (χ4n) is 2.19. The number of hydrogen-bond acceptors (Lipinski definition) is 3. The molecule has 1 aromatic rings. The number of nitrogens with zero attached hydrogens (tertiary/aromatic N) is 2. The first-order chi connectivity index (χ1) is 10.8. The lowest BCUT2D eigenvalue weighted by molar-refractivity contribution is 0.288. The molecule has 0 radical (unpaired) electrons. The van der Waals surface area contributed by atoms with Crippen molar-refractivity contribution in [2.45, 2.75) is 39.2 Å². The summed E-state index contributed by atoms with van der Waals surface area (Å²) in [6, 6.07) is 3.99. The molecule has 0 aromatic carbocycles. The zero-order chi connectivity index (χ0) is 15.2. The number of guanidine groups is 1. The molecule has 0 bridgehead atoms. The van der Waals surface area contributed by atoms with Crippen molar-refractivity contribution in [2.24, 2.45) is 16.8 Å². The van der Waals surface area contributed by atoms with Crippen molar-refractivity contribution in [3.05, 3.63) is 23.9 Å². The van der Waals surface area contributed by atoms with E-state index in [9.17, 15) is 0 Å². The molecule has 0 unspecified atom stereocenters. The van der Waals surface area contributed by atoms with Crippen LogP contribution in [0.5, 0.6) is 5.88 Å². The number of nitrogens with one attached hydrogen (secondary N) is 2. The SMILES string of the molecule is CCNC(=NCc1ccnc(OCC2CC2)c1)NCC1CC1. The van der Waals surface area contributed by atoms with Crippen LogP contribution in [0.2, 0.25) is 0 Å². The Bertz CT molecular complexity index is 509. The third kappa shape index (κ3) is 5.20. The number of aromatic nitrogens is 1. The van der Waals surface area contributed by atoms with Gasteiger partial charge in [0.15, 0.2) is 5.96 Å². The van der Waals surface area contributed by atoms with Gasteiger partial charge in [-0.15, -0.1) is 0 Å². The van der Waals surface area contributed by atoms with Crippen molar-refractivity contribution in [3.8, 4) is 5.88 Å². The van der Waals surface area contributed by atoms with Gasteiger partial charge in [0, 0.05) is 25.4 Å². The van der Waals surface area contributed by atoms with Gasteiger partial charge in [-0.05, 0) is 56.1 Å². The Morgan fingerprint density at radius 1 is 1.27 bits per heavy atom. The first-order valence-corrected chi connectivity index (χ1v) is 8.43. The highest BCUT2D eigenvalue weighted by Gasteiger charge is 2.22. The van der Waals surface area contributed by atoms with Crippen LogP contribution in [0.3, 0.4) is 0 Å². The van der Waals surface area contributed by atoms with Crippen molar-refractivity contribution >= 4 is 5.96 Å². The molecule has 0 saturated heterocycles. The van der Waals surface area contributed by atoms with Crippen LogP contribution in [-0.2, 0) is 6.54 Å². The minimum Gasteiger partial charge on any atom is -0.477 e. The van der Waals surface area contributed by atoms with E-state index in [-0.39, 0.29) is 0 Å². The molecule has 2 saturated carbocycles. The van der Waals surface area contributed by atoms with Gasteiger partial charge in [-0.1, -0.05) is 0 Å². The first-order valence-electron chi connectivity index (χ1n) is 8.43. The molecule has 1 aromatic heterocycles. The normalized spacial score (nSPS) is 18.1. The van der Waals surface area contributed by atoms with Crippen LogP contribution in [0.25, 0.3) is 0 Å². The second kappa shape index (κ2) is 7.47. The summed E-state index contributed by atoms with van der Waals surface area (Å²) in [7, 11) is 0. The minimum absolute atomic E-state index is 0.641. The minimum atomic E-state index is 0.641. The van der Waals surface area contributed by atoms with E-state index in [1.54, 1.807) is 6.20 Å². The molecular weight excluding hydrogens is 276 g/mol. The maximum atomic E-state index is 5.72. The predicted molar refractivity (Wildman–Crippen MR) is 88.0 cm³/mol. The van der Waals surface area contributed by atoms with Gasteiger partial charge in [0.05, 0.1) is 13.2 Å². The standard InChI is InChI=1S/C17H26N4O/c1-2-18-17(20-10-13-3-4-13)21-11-15-7-8-19-16(9-15)22-12-14-5-6-14/h7-9,13-14H,2-6,10-12H2,1H3,(H2,18,20,21). The third-order valence-electron chi connectivity index (χ3n) is 3.98. The molecular formula is C17H26N4O. The number of ether oxygens (including phenoxy) is 1.